The van der Waals surface area contributed by atoms with Gasteiger partial charge in [-0.3, -0.25) is 0 Å². The molecule has 0 aliphatic carbocycles. The van der Waals surface area contributed by atoms with Gasteiger partial charge in [0.1, 0.15) is 23.2 Å². The molecule has 1 rings (SSSR count). The molecule has 0 spiro atoms. The molecule has 1 aromatic rings. The Morgan fingerprint density at radius 1 is 1.44 bits per heavy atom. The molecule has 0 bridgehead atoms. The minimum absolute atomic E-state index is 0.00736. The van der Waals surface area contributed by atoms with Gasteiger partial charge in [-0.05, 0) is 30.9 Å². The molecular formula is C13H16FNO. The highest BCUT2D eigenvalue weighted by Gasteiger charge is 2.08. The lowest BCUT2D eigenvalue weighted by Crippen LogP contribution is -2.01. The molecule has 0 saturated carbocycles. The zero-order chi connectivity index (χ0) is 12.0. The van der Waals surface area contributed by atoms with Crippen molar-refractivity contribution in [3.8, 4) is 11.8 Å². The molecule has 86 valence electrons. The molecule has 0 fully saturated rings. The van der Waals surface area contributed by atoms with Crippen LogP contribution in [-0.4, -0.2) is 6.61 Å². The minimum atomic E-state index is -0.524. The third-order valence-corrected chi connectivity index (χ3v) is 2.27. The van der Waals surface area contributed by atoms with Gasteiger partial charge in [-0.15, -0.1) is 0 Å². The molecule has 0 saturated heterocycles. The molecule has 0 amide bonds. The van der Waals surface area contributed by atoms with E-state index < -0.39 is 5.82 Å². The Morgan fingerprint density at radius 2 is 2.19 bits per heavy atom. The first kappa shape index (κ1) is 12.5. The molecule has 0 aliphatic rings. The second-order valence-electron chi connectivity index (χ2n) is 4.11. The van der Waals surface area contributed by atoms with Crippen molar-refractivity contribution in [2.75, 3.05) is 6.61 Å². The van der Waals surface area contributed by atoms with E-state index in [0.29, 0.717) is 18.3 Å². The summed E-state index contributed by atoms with van der Waals surface area (Å²) in [7, 11) is 0. The third kappa shape index (κ3) is 3.54. The van der Waals surface area contributed by atoms with Crippen LogP contribution in [0.1, 0.15) is 32.3 Å². The zero-order valence-electron chi connectivity index (χ0n) is 9.66. The maximum atomic E-state index is 13.2. The molecule has 0 aliphatic heterocycles. The fourth-order valence-corrected chi connectivity index (χ4v) is 1.41. The van der Waals surface area contributed by atoms with Crippen molar-refractivity contribution in [1.82, 2.24) is 0 Å². The second kappa shape index (κ2) is 6.12. The Balaban J connectivity index is 2.54. The van der Waals surface area contributed by atoms with Crippen molar-refractivity contribution in [2.24, 2.45) is 5.92 Å². The number of ether oxygens (including phenoxy) is 1. The molecular weight excluding hydrogens is 205 g/mol. The molecule has 3 heteroatoms. The number of nitriles is 1. The topological polar surface area (TPSA) is 33.0 Å². The van der Waals surface area contributed by atoms with Gasteiger partial charge in [0.05, 0.1) is 6.61 Å². The summed E-state index contributed by atoms with van der Waals surface area (Å²) in [6.07, 6.45) is 1.98. The Kier molecular flexibility index (Phi) is 4.78. The SMILES string of the molecule is CC(C)CCCOc1cccc(F)c1C#N. The number of benzene rings is 1. The summed E-state index contributed by atoms with van der Waals surface area (Å²) in [5.74, 6) is 0.446. The molecule has 0 N–H and O–H groups in total. The van der Waals surface area contributed by atoms with Crippen LogP contribution in [0.5, 0.6) is 5.75 Å². The van der Waals surface area contributed by atoms with Crippen LogP contribution < -0.4 is 4.74 Å². The molecule has 2 nitrogen and oxygen atoms in total. The Hall–Kier alpha value is -1.56. The number of nitrogens with zero attached hydrogens (tertiary/aromatic N) is 1. The summed E-state index contributed by atoms with van der Waals surface area (Å²) >= 11 is 0. The van der Waals surface area contributed by atoms with Crippen LogP contribution in [-0.2, 0) is 0 Å². The molecule has 0 radical (unpaired) electrons. The number of rotatable bonds is 5. The minimum Gasteiger partial charge on any atom is -0.492 e. The van der Waals surface area contributed by atoms with Gasteiger partial charge in [0.25, 0.3) is 0 Å². The third-order valence-electron chi connectivity index (χ3n) is 2.27. The van der Waals surface area contributed by atoms with Gasteiger partial charge < -0.3 is 4.74 Å². The van der Waals surface area contributed by atoms with E-state index in [0.717, 1.165) is 12.8 Å². The highest BCUT2D eigenvalue weighted by atomic mass is 19.1. The predicted octanol–water partition coefficient (Wildman–Crippen LogP) is 3.51. The molecule has 16 heavy (non-hydrogen) atoms. The normalized spacial score (nSPS) is 10.2. The maximum Gasteiger partial charge on any atom is 0.144 e. The number of halogens is 1. The predicted molar refractivity (Wildman–Crippen MR) is 60.7 cm³/mol. The smallest absolute Gasteiger partial charge is 0.144 e. The van der Waals surface area contributed by atoms with Crippen LogP contribution in [0.4, 0.5) is 4.39 Å². The van der Waals surface area contributed by atoms with Crippen molar-refractivity contribution >= 4 is 0 Å². The zero-order valence-corrected chi connectivity index (χ0v) is 9.66. The van der Waals surface area contributed by atoms with Gasteiger partial charge in [-0.1, -0.05) is 19.9 Å². The summed E-state index contributed by atoms with van der Waals surface area (Å²) in [6, 6.07) is 6.25. The van der Waals surface area contributed by atoms with Gasteiger partial charge in [-0.2, -0.15) is 5.26 Å². The van der Waals surface area contributed by atoms with Gasteiger partial charge in [0.15, 0.2) is 0 Å². The Bertz CT molecular complexity index is 382. The number of hydrogen-bond acceptors (Lipinski definition) is 2. The lowest BCUT2D eigenvalue weighted by molar-refractivity contribution is 0.295. The van der Waals surface area contributed by atoms with Crippen LogP contribution in [0.3, 0.4) is 0 Å². The van der Waals surface area contributed by atoms with Crippen LogP contribution in [0, 0.1) is 23.1 Å². The van der Waals surface area contributed by atoms with Crippen molar-refractivity contribution in [1.29, 1.82) is 5.26 Å². The monoisotopic (exact) mass is 221 g/mol. The summed E-state index contributed by atoms with van der Waals surface area (Å²) in [5.41, 5.74) is -0.00736. The first-order valence-corrected chi connectivity index (χ1v) is 5.46. The van der Waals surface area contributed by atoms with Crippen LogP contribution >= 0.6 is 0 Å². The van der Waals surface area contributed by atoms with Gasteiger partial charge >= 0.3 is 0 Å². The quantitative estimate of drug-likeness (QED) is 0.713. The molecule has 0 unspecified atom stereocenters. The van der Waals surface area contributed by atoms with Gasteiger partial charge in [-0.25, -0.2) is 4.39 Å². The van der Waals surface area contributed by atoms with E-state index in [2.05, 4.69) is 13.8 Å². The van der Waals surface area contributed by atoms with Gasteiger partial charge in [0.2, 0.25) is 0 Å². The van der Waals surface area contributed by atoms with Crippen molar-refractivity contribution in [2.45, 2.75) is 26.7 Å². The second-order valence-corrected chi connectivity index (χ2v) is 4.11. The van der Waals surface area contributed by atoms with E-state index in [4.69, 9.17) is 10.00 Å². The summed E-state index contributed by atoms with van der Waals surface area (Å²) in [5, 5.41) is 8.77. The standard InChI is InChI=1S/C13H16FNO/c1-10(2)5-4-8-16-13-7-3-6-12(14)11(13)9-15/h3,6-7,10H,4-5,8H2,1-2H3. The highest BCUT2D eigenvalue weighted by Crippen LogP contribution is 2.20. The summed E-state index contributed by atoms with van der Waals surface area (Å²) in [6.45, 7) is 4.81. The average Bonchev–Trinajstić information content (AvgIpc) is 2.24. The Morgan fingerprint density at radius 3 is 2.81 bits per heavy atom. The average molecular weight is 221 g/mol. The molecule has 0 aromatic heterocycles. The fraction of sp³-hybridized carbons (Fsp3) is 0.462. The molecule has 0 atom stereocenters. The highest BCUT2D eigenvalue weighted by molar-refractivity contribution is 5.43. The van der Waals surface area contributed by atoms with E-state index in [1.165, 1.54) is 6.07 Å². The van der Waals surface area contributed by atoms with E-state index >= 15 is 0 Å². The Labute approximate surface area is 95.7 Å². The maximum absolute atomic E-state index is 13.2. The molecule has 0 heterocycles. The van der Waals surface area contributed by atoms with Crippen LogP contribution in [0.15, 0.2) is 18.2 Å². The lowest BCUT2D eigenvalue weighted by atomic mass is 10.1. The molecule has 1 aromatic carbocycles. The van der Waals surface area contributed by atoms with E-state index in [-0.39, 0.29) is 5.56 Å². The van der Waals surface area contributed by atoms with Crippen LogP contribution in [0.2, 0.25) is 0 Å². The largest absolute Gasteiger partial charge is 0.492 e. The lowest BCUT2D eigenvalue weighted by Gasteiger charge is -2.09. The summed E-state index contributed by atoms with van der Waals surface area (Å²) in [4.78, 5) is 0. The van der Waals surface area contributed by atoms with Gasteiger partial charge in [0, 0.05) is 0 Å². The van der Waals surface area contributed by atoms with Crippen molar-refractivity contribution in [3.63, 3.8) is 0 Å². The van der Waals surface area contributed by atoms with E-state index in [1.807, 2.05) is 6.07 Å². The van der Waals surface area contributed by atoms with Crippen LogP contribution in [0.25, 0.3) is 0 Å². The first-order valence-electron chi connectivity index (χ1n) is 5.46. The van der Waals surface area contributed by atoms with Crippen molar-refractivity contribution in [3.05, 3.63) is 29.6 Å². The van der Waals surface area contributed by atoms with E-state index in [1.54, 1.807) is 12.1 Å². The summed E-state index contributed by atoms with van der Waals surface area (Å²) < 4.78 is 18.6. The van der Waals surface area contributed by atoms with E-state index in [9.17, 15) is 4.39 Å². The number of hydrogen-bond donors (Lipinski definition) is 0. The first-order chi connectivity index (χ1) is 7.65. The van der Waals surface area contributed by atoms with Crippen molar-refractivity contribution < 1.29 is 9.13 Å². The fourth-order valence-electron chi connectivity index (χ4n) is 1.41.